The maximum Gasteiger partial charge on any atom is 0.313 e. The summed E-state index contributed by atoms with van der Waals surface area (Å²) in [5.41, 5.74) is 2.97. The number of methoxy groups -OCH3 is 2. The number of hydrogen-bond donors (Lipinski definition) is 0. The Labute approximate surface area is 166 Å². The van der Waals surface area contributed by atoms with E-state index >= 15 is 0 Å². The molecule has 1 aliphatic heterocycles. The quantitative estimate of drug-likeness (QED) is 0.730. The second-order valence-electron chi connectivity index (χ2n) is 7.11. The van der Waals surface area contributed by atoms with Crippen LogP contribution in [0.25, 0.3) is 0 Å². The van der Waals surface area contributed by atoms with E-state index < -0.39 is 22.0 Å². The smallest absolute Gasteiger partial charge is 0.313 e. The summed E-state index contributed by atoms with van der Waals surface area (Å²) in [6.07, 6.45) is 0.343. The normalized spacial score (nSPS) is 19.1. The van der Waals surface area contributed by atoms with Gasteiger partial charge >= 0.3 is 5.97 Å². The molecule has 0 N–H and O–H groups in total. The molecule has 2 aromatic rings. The lowest BCUT2D eigenvalue weighted by Gasteiger charge is -2.39. The van der Waals surface area contributed by atoms with Crippen molar-refractivity contribution in [2.75, 3.05) is 18.5 Å². The van der Waals surface area contributed by atoms with E-state index in [1.165, 1.54) is 18.5 Å². The van der Waals surface area contributed by atoms with E-state index in [9.17, 15) is 13.2 Å². The molecule has 3 rings (SSSR count). The van der Waals surface area contributed by atoms with Gasteiger partial charge in [-0.05, 0) is 62.1 Å². The first kappa shape index (κ1) is 20.2. The van der Waals surface area contributed by atoms with Gasteiger partial charge in [0.05, 0.1) is 25.8 Å². The lowest BCUT2D eigenvalue weighted by molar-refractivity contribution is -0.142. The highest BCUT2D eigenvalue weighted by Gasteiger charge is 2.41. The zero-order chi connectivity index (χ0) is 20.6. The molecule has 2 atom stereocenters. The Balaban J connectivity index is 2.20. The molecule has 0 fully saturated rings. The van der Waals surface area contributed by atoms with Crippen molar-refractivity contribution in [1.29, 1.82) is 0 Å². The second-order valence-corrected chi connectivity index (χ2v) is 8.89. The zero-order valence-electron chi connectivity index (χ0n) is 16.7. The summed E-state index contributed by atoms with van der Waals surface area (Å²) < 4.78 is 39.1. The fourth-order valence-electron chi connectivity index (χ4n) is 3.75. The highest BCUT2D eigenvalue weighted by molar-refractivity contribution is 7.93. The molecule has 2 unspecified atom stereocenters. The molecule has 1 heterocycles. The molecule has 0 saturated heterocycles. The van der Waals surface area contributed by atoms with Crippen molar-refractivity contribution in [3.63, 3.8) is 0 Å². The van der Waals surface area contributed by atoms with Crippen molar-refractivity contribution in [2.24, 2.45) is 0 Å². The number of nitrogens with zero attached hydrogens (tertiary/aromatic N) is 1. The molecule has 0 amide bonds. The van der Waals surface area contributed by atoms with Gasteiger partial charge in [-0.1, -0.05) is 18.2 Å². The molecular formula is C21H25NO5S. The van der Waals surface area contributed by atoms with Crippen LogP contribution in [0.4, 0.5) is 5.69 Å². The van der Waals surface area contributed by atoms with Gasteiger partial charge in [0.25, 0.3) is 10.0 Å². The van der Waals surface area contributed by atoms with E-state index in [1.807, 2.05) is 13.8 Å². The molecule has 1 aliphatic rings. The fourth-order valence-corrected chi connectivity index (χ4v) is 5.67. The van der Waals surface area contributed by atoms with Gasteiger partial charge in [0, 0.05) is 6.04 Å². The maximum absolute atomic E-state index is 13.7. The van der Waals surface area contributed by atoms with E-state index in [-0.39, 0.29) is 10.9 Å². The van der Waals surface area contributed by atoms with Gasteiger partial charge in [-0.3, -0.25) is 9.10 Å². The molecule has 28 heavy (non-hydrogen) atoms. The second kappa shape index (κ2) is 7.47. The summed E-state index contributed by atoms with van der Waals surface area (Å²) in [7, 11) is -1.10. The van der Waals surface area contributed by atoms with E-state index in [2.05, 4.69) is 0 Å². The lowest BCUT2D eigenvalue weighted by Crippen LogP contribution is -2.44. The minimum Gasteiger partial charge on any atom is -0.495 e. The average molecular weight is 404 g/mol. The van der Waals surface area contributed by atoms with E-state index in [0.717, 1.165) is 11.1 Å². The minimum atomic E-state index is -3.91. The van der Waals surface area contributed by atoms with Gasteiger partial charge in [0.2, 0.25) is 0 Å². The van der Waals surface area contributed by atoms with Crippen LogP contribution in [0.5, 0.6) is 5.75 Å². The summed E-state index contributed by atoms with van der Waals surface area (Å²) in [6.45, 7) is 5.58. The van der Waals surface area contributed by atoms with Crippen LogP contribution in [0.15, 0.2) is 41.3 Å². The summed E-state index contributed by atoms with van der Waals surface area (Å²) in [5.74, 6) is -0.549. The highest BCUT2D eigenvalue weighted by atomic mass is 32.2. The van der Waals surface area contributed by atoms with Gasteiger partial charge in [-0.15, -0.1) is 0 Å². The summed E-state index contributed by atoms with van der Waals surface area (Å²) in [5, 5.41) is 0. The third kappa shape index (κ3) is 3.24. The molecule has 0 saturated carbocycles. The average Bonchev–Trinajstić information content (AvgIpc) is 2.67. The Morgan fingerprint density at radius 3 is 2.39 bits per heavy atom. The number of anilines is 1. The molecule has 0 radical (unpaired) electrons. The van der Waals surface area contributed by atoms with E-state index in [0.29, 0.717) is 23.4 Å². The molecule has 0 bridgehead atoms. The number of carbonyl (C=O) groups is 1. The molecular weight excluding hydrogens is 378 g/mol. The van der Waals surface area contributed by atoms with Gasteiger partial charge < -0.3 is 9.47 Å². The maximum atomic E-state index is 13.7. The third-order valence-electron chi connectivity index (χ3n) is 5.33. The molecule has 0 aliphatic carbocycles. The van der Waals surface area contributed by atoms with E-state index in [1.54, 1.807) is 43.3 Å². The SMILES string of the molecule is COC(=O)C1CC(C)N(S(=O)(=O)c2cc(C)c(C)cc2OC)c2ccccc21. The van der Waals surface area contributed by atoms with E-state index in [4.69, 9.17) is 9.47 Å². The van der Waals surface area contributed by atoms with Gasteiger partial charge in [-0.2, -0.15) is 0 Å². The standard InChI is InChI=1S/C21H25NO5S/c1-13-10-19(26-4)20(11-14(13)2)28(24,25)22-15(3)12-17(21(23)27-5)16-8-6-7-9-18(16)22/h6-11,15,17H,12H2,1-5H3. The highest BCUT2D eigenvalue weighted by Crippen LogP contribution is 2.43. The largest absolute Gasteiger partial charge is 0.495 e. The Kier molecular flexibility index (Phi) is 5.39. The Hall–Kier alpha value is -2.54. The third-order valence-corrected chi connectivity index (χ3v) is 7.28. The monoisotopic (exact) mass is 403 g/mol. The molecule has 0 aromatic heterocycles. The van der Waals surface area contributed by atoms with Crippen LogP contribution < -0.4 is 9.04 Å². The number of para-hydroxylation sites is 1. The van der Waals surface area contributed by atoms with Crippen LogP contribution >= 0.6 is 0 Å². The zero-order valence-corrected chi connectivity index (χ0v) is 17.5. The Morgan fingerprint density at radius 1 is 1.11 bits per heavy atom. The number of ether oxygens (including phenoxy) is 2. The predicted octanol–water partition coefficient (Wildman–Crippen LogP) is 3.56. The van der Waals surface area contributed by atoms with Gasteiger partial charge in [0.15, 0.2) is 0 Å². The molecule has 7 heteroatoms. The molecule has 0 spiro atoms. The molecule has 2 aromatic carbocycles. The van der Waals surface area contributed by atoms with Crippen LogP contribution in [0.1, 0.15) is 36.0 Å². The Bertz CT molecular complexity index is 1020. The van der Waals surface area contributed by atoms with Crippen molar-refractivity contribution in [3.8, 4) is 5.75 Å². The van der Waals surface area contributed by atoms with Crippen LogP contribution in [0, 0.1) is 13.8 Å². The molecule has 150 valence electrons. The van der Waals surface area contributed by atoms with Gasteiger partial charge in [-0.25, -0.2) is 8.42 Å². The summed E-state index contributed by atoms with van der Waals surface area (Å²) in [6, 6.07) is 10.0. The summed E-state index contributed by atoms with van der Waals surface area (Å²) >= 11 is 0. The number of hydrogen-bond acceptors (Lipinski definition) is 5. The van der Waals surface area contributed by atoms with Crippen LogP contribution in [0.3, 0.4) is 0 Å². The first-order valence-electron chi connectivity index (χ1n) is 9.08. The predicted molar refractivity (Wildman–Crippen MR) is 107 cm³/mol. The number of carbonyl (C=O) groups excluding carboxylic acids is 1. The van der Waals surface area contributed by atoms with Crippen molar-refractivity contribution in [2.45, 2.75) is 44.0 Å². The van der Waals surface area contributed by atoms with Crippen molar-refractivity contribution in [1.82, 2.24) is 0 Å². The van der Waals surface area contributed by atoms with Crippen molar-refractivity contribution >= 4 is 21.7 Å². The van der Waals surface area contributed by atoms with Crippen molar-refractivity contribution < 1.29 is 22.7 Å². The number of rotatable bonds is 4. The number of aryl methyl sites for hydroxylation is 2. The van der Waals surface area contributed by atoms with Crippen LogP contribution in [0.2, 0.25) is 0 Å². The van der Waals surface area contributed by atoms with Crippen LogP contribution in [-0.2, 0) is 19.6 Å². The number of sulfonamides is 1. The van der Waals surface area contributed by atoms with Gasteiger partial charge in [0.1, 0.15) is 10.6 Å². The first-order valence-corrected chi connectivity index (χ1v) is 10.5. The number of esters is 1. The van der Waals surface area contributed by atoms with Crippen molar-refractivity contribution in [3.05, 3.63) is 53.1 Å². The minimum absolute atomic E-state index is 0.122. The summed E-state index contributed by atoms with van der Waals surface area (Å²) in [4.78, 5) is 12.4. The van der Waals surface area contributed by atoms with Crippen LogP contribution in [-0.4, -0.2) is 34.6 Å². The fraction of sp³-hybridized carbons (Fsp3) is 0.381. The first-order chi connectivity index (χ1) is 13.2. The number of benzene rings is 2. The lowest BCUT2D eigenvalue weighted by atomic mass is 9.87. The molecule has 6 nitrogen and oxygen atoms in total. The Morgan fingerprint density at radius 2 is 1.75 bits per heavy atom. The topological polar surface area (TPSA) is 72.9 Å². The number of fused-ring (bicyclic) bond motifs is 1.